The lowest BCUT2D eigenvalue weighted by atomic mass is 9.92. The Bertz CT molecular complexity index is 1730. The number of nitrogens with zero attached hydrogens (tertiary/aromatic N) is 2. The minimum absolute atomic E-state index is 0.0538. The number of halogens is 1. The third kappa shape index (κ3) is 5.98. The number of fused-ring (bicyclic) bond motifs is 5. The molecule has 0 spiro atoms. The molecule has 2 N–H and O–H groups in total. The number of carbonyl (C=O) groups is 2. The molecule has 3 aliphatic heterocycles. The van der Waals surface area contributed by atoms with E-state index in [0.29, 0.717) is 42.9 Å². The van der Waals surface area contributed by atoms with Crippen molar-refractivity contribution in [3.63, 3.8) is 0 Å². The summed E-state index contributed by atoms with van der Waals surface area (Å²) in [4.78, 5) is 34.9. The van der Waals surface area contributed by atoms with Crippen LogP contribution in [-0.2, 0) is 0 Å². The molecule has 7 rings (SSSR count). The molecule has 0 unspecified atom stereocenters. The number of ether oxygens (including phenoxy) is 2. The predicted molar refractivity (Wildman–Crippen MR) is 186 cm³/mol. The van der Waals surface area contributed by atoms with Crippen molar-refractivity contribution in [2.75, 3.05) is 55.6 Å². The number of piperidine rings is 1. The molecule has 0 radical (unpaired) electrons. The minimum atomic E-state index is -0.313. The molecule has 11 heteroatoms. The maximum atomic E-state index is 14.1. The van der Waals surface area contributed by atoms with Crippen LogP contribution in [0.5, 0.6) is 11.5 Å². The van der Waals surface area contributed by atoms with Crippen molar-refractivity contribution < 1.29 is 19.1 Å². The number of alkyl halides is 1. The smallest absolute Gasteiger partial charge is 0.415 e. The van der Waals surface area contributed by atoms with Crippen molar-refractivity contribution in [1.29, 1.82) is 0 Å². The Balaban J connectivity index is 1.20. The highest BCUT2D eigenvalue weighted by Crippen LogP contribution is 2.47. The second-order valence-electron chi connectivity index (χ2n) is 12.0. The number of aromatic amines is 1. The first-order valence-corrected chi connectivity index (χ1v) is 18.6. The zero-order chi connectivity index (χ0) is 30.9. The molecule has 236 valence electrons. The van der Waals surface area contributed by atoms with Crippen molar-refractivity contribution in [3.05, 3.63) is 65.9 Å². The Morgan fingerprint density at radius 1 is 1.09 bits per heavy atom. The minimum Gasteiger partial charge on any atom is -0.494 e. The van der Waals surface area contributed by atoms with Gasteiger partial charge >= 0.3 is 6.09 Å². The van der Waals surface area contributed by atoms with Crippen molar-refractivity contribution in [2.24, 2.45) is 5.92 Å². The van der Waals surface area contributed by atoms with Crippen LogP contribution in [0.25, 0.3) is 21.7 Å². The summed E-state index contributed by atoms with van der Waals surface area (Å²) < 4.78 is 12.1. The van der Waals surface area contributed by atoms with Gasteiger partial charge in [0.1, 0.15) is 17.2 Å². The first kappa shape index (κ1) is 30.6. The van der Waals surface area contributed by atoms with E-state index in [2.05, 4.69) is 10.3 Å². The molecule has 8 nitrogen and oxygen atoms in total. The number of H-pyrrole nitrogens is 1. The lowest BCUT2D eigenvalue weighted by molar-refractivity contribution is 0.0984. The van der Waals surface area contributed by atoms with Gasteiger partial charge in [-0.1, -0.05) is 45.9 Å². The molecule has 0 bridgehead atoms. The van der Waals surface area contributed by atoms with Gasteiger partial charge in [0.25, 0.3) is 5.91 Å². The summed E-state index contributed by atoms with van der Waals surface area (Å²) in [7, 11) is 5.66. The normalized spacial score (nSPS) is 21.2. The van der Waals surface area contributed by atoms with Crippen molar-refractivity contribution in [2.45, 2.75) is 31.2 Å². The van der Waals surface area contributed by atoms with E-state index in [-0.39, 0.29) is 24.0 Å². The number of carbonyl (C=O) groups excluding carboxylic acids is 2. The first-order chi connectivity index (χ1) is 22.1. The Morgan fingerprint density at radius 2 is 1.93 bits per heavy atom. The van der Waals surface area contributed by atoms with E-state index in [9.17, 15) is 9.59 Å². The van der Waals surface area contributed by atoms with Gasteiger partial charge in [-0.3, -0.25) is 4.79 Å². The molecule has 2 fully saturated rings. The molecular formula is C34H37ClN4O4S2. The Morgan fingerprint density at radius 3 is 2.78 bits per heavy atom. The average molecular weight is 665 g/mol. The number of benzene rings is 3. The maximum Gasteiger partial charge on any atom is 0.415 e. The zero-order valence-electron chi connectivity index (χ0n) is 25.2. The number of nitrogens with one attached hydrogen (secondary N) is 2. The van der Waals surface area contributed by atoms with E-state index in [1.54, 1.807) is 4.90 Å². The van der Waals surface area contributed by atoms with E-state index >= 15 is 0 Å². The molecule has 4 aromatic rings. The molecule has 3 aromatic carbocycles. The molecule has 45 heavy (non-hydrogen) atoms. The van der Waals surface area contributed by atoms with E-state index in [1.807, 2.05) is 88.1 Å². The lowest BCUT2D eigenvalue weighted by Crippen LogP contribution is -2.52. The largest absolute Gasteiger partial charge is 0.494 e. The summed E-state index contributed by atoms with van der Waals surface area (Å²) in [6.07, 6.45) is 2.73. The van der Waals surface area contributed by atoms with Gasteiger partial charge in [0.15, 0.2) is 0 Å². The van der Waals surface area contributed by atoms with Gasteiger partial charge in [0.05, 0.1) is 12.3 Å². The van der Waals surface area contributed by atoms with E-state index in [0.717, 1.165) is 76.0 Å². The van der Waals surface area contributed by atoms with Gasteiger partial charge in [-0.15, -0.1) is 11.6 Å². The number of hydrogen-bond donors (Lipinski definition) is 2. The highest BCUT2D eigenvalue weighted by Gasteiger charge is 2.39. The number of rotatable bonds is 8. The summed E-state index contributed by atoms with van der Waals surface area (Å²) >= 11 is 6.53. The second kappa shape index (κ2) is 13.4. The Hall–Kier alpha value is -3.05. The molecule has 2 amide bonds. The van der Waals surface area contributed by atoms with E-state index in [4.69, 9.17) is 21.1 Å². The Labute approximate surface area is 275 Å². The van der Waals surface area contributed by atoms with Gasteiger partial charge in [-0.25, -0.2) is 4.79 Å². The van der Waals surface area contributed by atoms with Crippen LogP contribution < -0.4 is 19.7 Å². The summed E-state index contributed by atoms with van der Waals surface area (Å²) in [6, 6.07) is 17.7. The van der Waals surface area contributed by atoms with Crippen LogP contribution in [0.1, 0.15) is 41.2 Å². The average Bonchev–Trinajstić information content (AvgIpc) is 3.67. The number of anilines is 1. The fraction of sp³-hybridized carbons (Fsp3) is 0.412. The second-order valence-corrected chi connectivity index (χ2v) is 14.8. The number of hydrogen-bond acceptors (Lipinski definition) is 7. The van der Waals surface area contributed by atoms with Crippen LogP contribution in [0.2, 0.25) is 0 Å². The van der Waals surface area contributed by atoms with Crippen molar-refractivity contribution in [1.82, 2.24) is 15.2 Å². The molecule has 0 aliphatic carbocycles. The monoisotopic (exact) mass is 664 g/mol. The fourth-order valence-corrected chi connectivity index (χ4v) is 10.0. The molecule has 1 aromatic heterocycles. The topological polar surface area (TPSA) is 86.9 Å². The fourth-order valence-electron chi connectivity index (χ4n) is 6.91. The highest BCUT2D eigenvalue weighted by atomic mass is 35.5. The van der Waals surface area contributed by atoms with Crippen molar-refractivity contribution >= 4 is 72.6 Å². The summed E-state index contributed by atoms with van der Waals surface area (Å²) in [5.41, 5.74) is 3.10. The van der Waals surface area contributed by atoms with Gasteiger partial charge in [-0.05, 0) is 74.0 Å². The molecular weight excluding hydrogens is 628 g/mol. The quantitative estimate of drug-likeness (QED) is 0.116. The zero-order valence-corrected chi connectivity index (χ0v) is 27.6. The van der Waals surface area contributed by atoms with Gasteiger partial charge in [0, 0.05) is 64.8 Å². The van der Waals surface area contributed by atoms with Crippen LogP contribution >= 0.6 is 33.2 Å². The lowest BCUT2D eigenvalue weighted by Gasteiger charge is -2.42. The number of likely N-dealkylation sites (tertiary alicyclic amines) is 1. The van der Waals surface area contributed by atoms with Crippen LogP contribution in [-0.4, -0.2) is 78.6 Å². The molecule has 3 atom stereocenters. The predicted octanol–water partition coefficient (Wildman–Crippen LogP) is 7.27. The van der Waals surface area contributed by atoms with Gasteiger partial charge < -0.3 is 29.6 Å². The van der Waals surface area contributed by atoms with E-state index < -0.39 is 0 Å². The third-order valence-corrected chi connectivity index (χ3v) is 12.1. The Kier molecular flexibility index (Phi) is 9.08. The molecule has 0 saturated carbocycles. The SMILES string of the molecule is CNCCCOc1ccc2[nH]c(C(=O)N3C[C@@H](CCl)c4c3cc(OC(=O)N3CCC[C@@H]5CSSC[C@H]53)c3ccccc43)cc2c1. The summed E-state index contributed by atoms with van der Waals surface area (Å²) in [5, 5.41) is 5.84. The van der Waals surface area contributed by atoms with Crippen molar-refractivity contribution in [3.8, 4) is 11.5 Å². The molecule has 3 aliphatic rings. The molecule has 4 heterocycles. The number of aromatic nitrogens is 1. The van der Waals surface area contributed by atoms with Crippen LogP contribution in [0, 0.1) is 5.92 Å². The number of amides is 2. The summed E-state index contributed by atoms with van der Waals surface area (Å²) in [5.74, 6) is 3.90. The standard InChI is InChI=1S/C34H37ClN4O4S2/c1-36-11-5-13-42-24-9-10-27-22(14-24)15-28(37-27)33(40)39-18-23(17-35)32-26-8-3-2-7-25(26)31(16-29(32)39)43-34(41)38-12-4-6-21-19-44-45-20-30(21)38/h2-3,7-10,14-16,21,23,30,36-37H,4-6,11-13,17-20H2,1H3/t21-,23-,30-/m1/s1. The highest BCUT2D eigenvalue weighted by molar-refractivity contribution is 8.76. The van der Waals surface area contributed by atoms with Gasteiger partial charge in [0.2, 0.25) is 0 Å². The van der Waals surface area contributed by atoms with Gasteiger partial charge in [-0.2, -0.15) is 0 Å². The van der Waals surface area contributed by atoms with Crippen LogP contribution in [0.15, 0.2) is 54.6 Å². The summed E-state index contributed by atoms with van der Waals surface area (Å²) in [6.45, 7) is 2.65. The van der Waals surface area contributed by atoms with E-state index in [1.165, 1.54) is 0 Å². The third-order valence-electron chi connectivity index (χ3n) is 9.18. The first-order valence-electron chi connectivity index (χ1n) is 15.6. The molecule has 2 saturated heterocycles. The maximum absolute atomic E-state index is 14.1. The van der Waals surface area contributed by atoms with Crippen LogP contribution in [0.4, 0.5) is 10.5 Å². The van der Waals surface area contributed by atoms with Crippen LogP contribution in [0.3, 0.4) is 0 Å².